The zero-order valence-electron chi connectivity index (χ0n) is 16.7. The van der Waals surface area contributed by atoms with Crippen LogP contribution in [0.2, 0.25) is 0 Å². The van der Waals surface area contributed by atoms with E-state index in [0.29, 0.717) is 34.7 Å². The largest absolute Gasteiger partial charge is 0.416 e. The van der Waals surface area contributed by atoms with Gasteiger partial charge in [0.05, 0.1) is 27.3 Å². The summed E-state index contributed by atoms with van der Waals surface area (Å²) in [6, 6.07) is 7.82. The van der Waals surface area contributed by atoms with Crippen molar-refractivity contribution in [3.05, 3.63) is 57.6 Å². The fourth-order valence-electron chi connectivity index (χ4n) is 3.10. The van der Waals surface area contributed by atoms with E-state index in [1.165, 1.54) is 18.2 Å². The molecule has 11 heteroatoms. The molecule has 2 aromatic carbocycles. The number of aromatic nitrogens is 2. The number of nitro benzene ring substituents is 1. The first-order valence-electron chi connectivity index (χ1n) is 9.36. The van der Waals surface area contributed by atoms with Crippen LogP contribution in [-0.4, -0.2) is 26.1 Å². The summed E-state index contributed by atoms with van der Waals surface area (Å²) in [4.78, 5) is 27.4. The molecular formula is C20H19F3N4O3S. The summed E-state index contributed by atoms with van der Waals surface area (Å²) < 4.78 is 40.9. The number of nitrogens with one attached hydrogen (secondary N) is 1. The highest BCUT2D eigenvalue weighted by Gasteiger charge is 2.31. The lowest BCUT2D eigenvalue weighted by atomic mass is 10.1. The van der Waals surface area contributed by atoms with Crippen molar-refractivity contribution >= 4 is 40.1 Å². The Bertz CT molecular complexity index is 1140. The molecule has 1 amide bonds. The molecule has 3 rings (SSSR count). The third-order valence-corrected chi connectivity index (χ3v) is 5.51. The summed E-state index contributed by atoms with van der Waals surface area (Å²) in [6.45, 7) is 3.97. The van der Waals surface area contributed by atoms with Gasteiger partial charge < -0.3 is 9.88 Å². The molecule has 3 aromatic rings. The van der Waals surface area contributed by atoms with Gasteiger partial charge in [-0.05, 0) is 37.1 Å². The maximum Gasteiger partial charge on any atom is 0.416 e. The molecule has 0 aliphatic heterocycles. The quantitative estimate of drug-likeness (QED) is 0.294. The smallest absolute Gasteiger partial charge is 0.319 e. The number of rotatable bonds is 7. The second-order valence-electron chi connectivity index (χ2n) is 6.81. The maximum absolute atomic E-state index is 13.1. The Morgan fingerprint density at radius 1 is 1.29 bits per heavy atom. The number of imidazole rings is 1. The highest BCUT2D eigenvalue weighted by Crippen LogP contribution is 2.33. The second kappa shape index (κ2) is 8.96. The highest BCUT2D eigenvalue weighted by molar-refractivity contribution is 7.99. The first-order chi connectivity index (χ1) is 14.6. The number of thioether (sulfide) groups is 1. The number of nitrogens with zero attached hydrogens (tertiary/aromatic N) is 3. The van der Waals surface area contributed by atoms with Crippen LogP contribution < -0.4 is 5.32 Å². The van der Waals surface area contributed by atoms with E-state index in [-0.39, 0.29) is 17.1 Å². The number of fused-ring (bicyclic) bond motifs is 1. The Morgan fingerprint density at radius 2 is 2.03 bits per heavy atom. The molecule has 1 heterocycles. The Balaban J connectivity index is 1.83. The zero-order chi connectivity index (χ0) is 22.8. The summed E-state index contributed by atoms with van der Waals surface area (Å²) in [5.41, 5.74) is 0.433. The Morgan fingerprint density at radius 3 is 2.68 bits per heavy atom. The molecule has 0 saturated heterocycles. The van der Waals surface area contributed by atoms with Crippen molar-refractivity contribution in [2.24, 2.45) is 0 Å². The van der Waals surface area contributed by atoms with Crippen molar-refractivity contribution in [1.82, 2.24) is 9.55 Å². The van der Waals surface area contributed by atoms with Gasteiger partial charge >= 0.3 is 6.18 Å². The number of carbonyl (C=O) groups excluding carboxylic acids is 1. The fourth-order valence-corrected chi connectivity index (χ4v) is 3.94. The molecule has 164 valence electrons. The molecule has 0 bridgehead atoms. The van der Waals surface area contributed by atoms with E-state index in [4.69, 9.17) is 0 Å². The van der Waals surface area contributed by atoms with E-state index in [1.54, 1.807) is 17.6 Å². The van der Waals surface area contributed by atoms with Gasteiger partial charge in [0.25, 0.3) is 5.69 Å². The Kier molecular flexibility index (Phi) is 6.54. The number of anilines is 1. The molecule has 1 aromatic heterocycles. The fraction of sp³-hybridized carbons (Fsp3) is 0.300. The molecule has 0 fully saturated rings. The normalized spacial score (nSPS) is 11.6. The number of hydrogen-bond acceptors (Lipinski definition) is 5. The van der Waals surface area contributed by atoms with Gasteiger partial charge in [0.15, 0.2) is 5.16 Å². The van der Waals surface area contributed by atoms with Crippen LogP contribution in [0.4, 0.5) is 24.5 Å². The SMILES string of the molecule is CCCn1c(SCC(=O)Nc2c(C)cccc2[N+](=O)[O-])nc2ccc(C(F)(F)F)cc21. The predicted molar refractivity (Wildman–Crippen MR) is 112 cm³/mol. The van der Waals surface area contributed by atoms with Crippen LogP contribution in [-0.2, 0) is 17.5 Å². The average molecular weight is 452 g/mol. The van der Waals surface area contributed by atoms with Gasteiger partial charge in [-0.2, -0.15) is 13.2 Å². The number of hydrogen-bond donors (Lipinski definition) is 1. The molecule has 7 nitrogen and oxygen atoms in total. The molecule has 0 aliphatic rings. The van der Waals surface area contributed by atoms with Gasteiger partial charge in [-0.15, -0.1) is 0 Å². The van der Waals surface area contributed by atoms with Crippen LogP contribution in [0.15, 0.2) is 41.6 Å². The number of halogens is 3. The monoisotopic (exact) mass is 452 g/mol. The molecule has 0 saturated carbocycles. The van der Waals surface area contributed by atoms with E-state index in [0.717, 1.165) is 23.9 Å². The third kappa shape index (κ3) is 4.98. The first kappa shape index (κ1) is 22.6. The summed E-state index contributed by atoms with van der Waals surface area (Å²) >= 11 is 1.06. The number of alkyl halides is 3. The van der Waals surface area contributed by atoms with Crippen LogP contribution in [0.1, 0.15) is 24.5 Å². The van der Waals surface area contributed by atoms with E-state index in [2.05, 4.69) is 10.3 Å². The van der Waals surface area contributed by atoms with Crippen LogP contribution in [0.25, 0.3) is 11.0 Å². The lowest BCUT2D eigenvalue weighted by Gasteiger charge is -2.10. The lowest BCUT2D eigenvalue weighted by molar-refractivity contribution is -0.384. The Hall–Kier alpha value is -3.08. The number of para-hydroxylation sites is 1. The van der Waals surface area contributed by atoms with Gasteiger partial charge in [0, 0.05) is 12.6 Å². The van der Waals surface area contributed by atoms with Crippen molar-refractivity contribution in [2.45, 2.75) is 38.1 Å². The van der Waals surface area contributed by atoms with Crippen molar-refractivity contribution in [2.75, 3.05) is 11.1 Å². The second-order valence-corrected chi connectivity index (χ2v) is 7.75. The summed E-state index contributed by atoms with van der Waals surface area (Å²) in [5.74, 6) is -0.585. The van der Waals surface area contributed by atoms with Gasteiger partial charge in [-0.1, -0.05) is 30.8 Å². The standard InChI is InChI=1S/C20H19F3N4O3S/c1-3-9-26-16-10-13(20(21,22)23)7-8-14(16)24-19(26)31-11-17(28)25-18-12(2)5-4-6-15(18)27(29)30/h4-8,10H,3,9,11H2,1-2H3,(H,25,28). The molecule has 0 aliphatic carbocycles. The molecule has 31 heavy (non-hydrogen) atoms. The average Bonchev–Trinajstić information content (AvgIpc) is 3.04. The number of nitro groups is 1. The number of benzene rings is 2. The third-order valence-electron chi connectivity index (χ3n) is 4.53. The van der Waals surface area contributed by atoms with E-state index in [9.17, 15) is 28.1 Å². The predicted octanol–water partition coefficient (Wildman–Crippen LogP) is 5.41. The number of carbonyl (C=O) groups is 1. The molecule has 0 atom stereocenters. The van der Waals surface area contributed by atoms with Gasteiger partial charge in [-0.3, -0.25) is 14.9 Å². The van der Waals surface area contributed by atoms with Crippen LogP contribution >= 0.6 is 11.8 Å². The zero-order valence-corrected chi connectivity index (χ0v) is 17.5. The molecule has 0 spiro atoms. The number of amides is 1. The Labute approximate surface area is 179 Å². The number of aryl methyl sites for hydroxylation is 2. The lowest BCUT2D eigenvalue weighted by Crippen LogP contribution is -2.16. The van der Waals surface area contributed by atoms with Crippen LogP contribution in [0.5, 0.6) is 0 Å². The molecule has 0 unspecified atom stereocenters. The van der Waals surface area contributed by atoms with Crippen LogP contribution in [0.3, 0.4) is 0 Å². The van der Waals surface area contributed by atoms with Crippen molar-refractivity contribution in [3.63, 3.8) is 0 Å². The molecule has 1 N–H and O–H groups in total. The van der Waals surface area contributed by atoms with Crippen molar-refractivity contribution in [1.29, 1.82) is 0 Å². The highest BCUT2D eigenvalue weighted by atomic mass is 32.2. The summed E-state index contributed by atoms with van der Waals surface area (Å²) in [6.07, 6.45) is -3.80. The van der Waals surface area contributed by atoms with E-state index >= 15 is 0 Å². The summed E-state index contributed by atoms with van der Waals surface area (Å²) in [7, 11) is 0. The molecular weight excluding hydrogens is 433 g/mol. The minimum Gasteiger partial charge on any atom is -0.319 e. The summed E-state index contributed by atoms with van der Waals surface area (Å²) in [5, 5.41) is 14.2. The van der Waals surface area contributed by atoms with Crippen molar-refractivity contribution < 1.29 is 22.9 Å². The van der Waals surface area contributed by atoms with E-state index < -0.39 is 22.6 Å². The van der Waals surface area contributed by atoms with E-state index in [1.807, 2.05) is 6.92 Å². The van der Waals surface area contributed by atoms with Crippen LogP contribution in [0, 0.1) is 17.0 Å². The van der Waals surface area contributed by atoms with Gasteiger partial charge in [0.2, 0.25) is 5.91 Å². The minimum atomic E-state index is -4.47. The minimum absolute atomic E-state index is 0.106. The maximum atomic E-state index is 13.1. The van der Waals surface area contributed by atoms with Gasteiger partial charge in [0.1, 0.15) is 5.69 Å². The molecule has 0 radical (unpaired) electrons. The first-order valence-corrected chi connectivity index (χ1v) is 10.3. The topological polar surface area (TPSA) is 90.1 Å². The van der Waals surface area contributed by atoms with Gasteiger partial charge in [-0.25, -0.2) is 4.98 Å². The van der Waals surface area contributed by atoms with Crippen molar-refractivity contribution in [3.8, 4) is 0 Å².